The summed E-state index contributed by atoms with van der Waals surface area (Å²) < 4.78 is 0. The topological polar surface area (TPSA) is 49.5 Å². The van der Waals surface area contributed by atoms with E-state index in [2.05, 4.69) is 4.90 Å². The van der Waals surface area contributed by atoms with E-state index in [-0.39, 0.29) is 6.61 Å². The Morgan fingerprint density at radius 3 is 2.59 bits per heavy atom. The molecule has 0 amide bonds. The van der Waals surface area contributed by atoms with Gasteiger partial charge in [-0.2, -0.15) is 0 Å². The van der Waals surface area contributed by atoms with Crippen LogP contribution in [0.1, 0.15) is 51.9 Å². The van der Waals surface area contributed by atoms with Crippen LogP contribution in [0.25, 0.3) is 0 Å². The Kier molecular flexibility index (Phi) is 4.45. The van der Waals surface area contributed by atoms with Crippen LogP contribution in [0, 0.1) is 5.92 Å². The maximum Gasteiger partial charge on any atom is 0.0608 e. The first-order chi connectivity index (χ1) is 8.12. The number of aliphatic hydroxyl groups excluding tert-OH is 1. The van der Waals surface area contributed by atoms with Gasteiger partial charge in [0.2, 0.25) is 0 Å². The Morgan fingerprint density at radius 1 is 1.24 bits per heavy atom. The summed E-state index contributed by atoms with van der Waals surface area (Å²) in [6, 6.07) is 0.812. The molecule has 1 saturated heterocycles. The summed E-state index contributed by atoms with van der Waals surface area (Å²) in [6.07, 6.45) is 9.36. The van der Waals surface area contributed by atoms with E-state index in [1.807, 2.05) is 6.92 Å². The van der Waals surface area contributed by atoms with Crippen molar-refractivity contribution < 1.29 is 5.11 Å². The minimum atomic E-state index is -0.400. The van der Waals surface area contributed by atoms with Gasteiger partial charge in [0.15, 0.2) is 0 Å². The molecule has 0 aromatic heterocycles. The molecule has 2 aliphatic rings. The van der Waals surface area contributed by atoms with Crippen LogP contribution in [-0.2, 0) is 0 Å². The van der Waals surface area contributed by atoms with Gasteiger partial charge in [0.05, 0.1) is 6.61 Å². The standard InChI is InChI=1S/C14H28N2O/c1-14(15,11-17)8-10-16-9-4-7-13(16)12-5-2-3-6-12/h12-13,17H,2-11,15H2,1H3. The van der Waals surface area contributed by atoms with Crippen molar-refractivity contribution in [1.82, 2.24) is 4.90 Å². The highest BCUT2D eigenvalue weighted by Gasteiger charge is 2.33. The molecule has 3 N–H and O–H groups in total. The van der Waals surface area contributed by atoms with Gasteiger partial charge in [-0.1, -0.05) is 12.8 Å². The first-order valence-corrected chi connectivity index (χ1v) is 7.26. The highest BCUT2D eigenvalue weighted by atomic mass is 16.3. The molecule has 17 heavy (non-hydrogen) atoms. The maximum atomic E-state index is 9.20. The molecule has 1 aliphatic heterocycles. The van der Waals surface area contributed by atoms with Crippen molar-refractivity contribution in [2.75, 3.05) is 19.7 Å². The molecule has 0 aromatic rings. The molecule has 3 nitrogen and oxygen atoms in total. The van der Waals surface area contributed by atoms with E-state index >= 15 is 0 Å². The number of likely N-dealkylation sites (tertiary alicyclic amines) is 1. The molecule has 1 saturated carbocycles. The van der Waals surface area contributed by atoms with Gasteiger partial charge in [-0.25, -0.2) is 0 Å². The third-order valence-electron chi connectivity index (χ3n) is 4.69. The molecule has 2 unspecified atom stereocenters. The number of hydrogen-bond acceptors (Lipinski definition) is 3. The van der Waals surface area contributed by atoms with Crippen molar-refractivity contribution in [3.05, 3.63) is 0 Å². The third kappa shape index (κ3) is 3.43. The molecule has 3 heteroatoms. The molecule has 0 aromatic carbocycles. The van der Waals surface area contributed by atoms with Gasteiger partial charge in [-0.15, -0.1) is 0 Å². The SMILES string of the molecule is CC(N)(CO)CCN1CCCC1C1CCCC1. The Hall–Kier alpha value is -0.120. The van der Waals surface area contributed by atoms with Gasteiger partial charge in [0, 0.05) is 18.1 Å². The van der Waals surface area contributed by atoms with Crippen molar-refractivity contribution >= 4 is 0 Å². The average Bonchev–Trinajstić information content (AvgIpc) is 2.96. The van der Waals surface area contributed by atoms with Crippen molar-refractivity contribution in [2.45, 2.75) is 63.5 Å². The second-order valence-corrected chi connectivity index (χ2v) is 6.35. The third-order valence-corrected chi connectivity index (χ3v) is 4.69. The zero-order valence-electron chi connectivity index (χ0n) is 11.2. The van der Waals surface area contributed by atoms with Crippen LogP contribution in [-0.4, -0.2) is 41.3 Å². The van der Waals surface area contributed by atoms with Crippen LogP contribution in [0.2, 0.25) is 0 Å². The zero-order chi connectivity index (χ0) is 12.3. The van der Waals surface area contributed by atoms with Crippen molar-refractivity contribution in [3.8, 4) is 0 Å². The normalized spacial score (nSPS) is 30.9. The zero-order valence-corrected chi connectivity index (χ0v) is 11.2. The molecule has 100 valence electrons. The summed E-state index contributed by atoms with van der Waals surface area (Å²) in [5.41, 5.74) is 5.62. The van der Waals surface area contributed by atoms with Crippen LogP contribution in [0.15, 0.2) is 0 Å². The van der Waals surface area contributed by atoms with E-state index in [4.69, 9.17) is 5.73 Å². The summed E-state index contributed by atoms with van der Waals surface area (Å²) in [6.45, 7) is 4.35. The summed E-state index contributed by atoms with van der Waals surface area (Å²) in [5.74, 6) is 0.940. The Morgan fingerprint density at radius 2 is 1.94 bits per heavy atom. The van der Waals surface area contributed by atoms with E-state index in [0.29, 0.717) is 0 Å². The lowest BCUT2D eigenvalue weighted by molar-refractivity contribution is 0.148. The second-order valence-electron chi connectivity index (χ2n) is 6.35. The smallest absolute Gasteiger partial charge is 0.0608 e. The quantitative estimate of drug-likeness (QED) is 0.769. The Labute approximate surface area is 105 Å². The van der Waals surface area contributed by atoms with E-state index in [0.717, 1.165) is 24.9 Å². The minimum absolute atomic E-state index is 0.0922. The van der Waals surface area contributed by atoms with Gasteiger partial charge < -0.3 is 15.7 Å². The summed E-state index contributed by atoms with van der Waals surface area (Å²) >= 11 is 0. The Balaban J connectivity index is 1.82. The van der Waals surface area contributed by atoms with Gasteiger partial charge in [0.25, 0.3) is 0 Å². The fourth-order valence-corrected chi connectivity index (χ4v) is 3.48. The summed E-state index contributed by atoms with van der Waals surface area (Å²) in [4.78, 5) is 2.64. The van der Waals surface area contributed by atoms with E-state index in [1.165, 1.54) is 45.1 Å². The number of hydrogen-bond donors (Lipinski definition) is 2. The lowest BCUT2D eigenvalue weighted by Gasteiger charge is -2.32. The molecule has 2 rings (SSSR count). The minimum Gasteiger partial charge on any atom is -0.394 e. The van der Waals surface area contributed by atoms with Crippen LogP contribution in [0.4, 0.5) is 0 Å². The molecule has 0 bridgehead atoms. The highest BCUT2D eigenvalue weighted by molar-refractivity contribution is 4.89. The lowest BCUT2D eigenvalue weighted by Crippen LogP contribution is -2.45. The number of nitrogens with two attached hydrogens (primary N) is 1. The monoisotopic (exact) mass is 240 g/mol. The van der Waals surface area contributed by atoms with Gasteiger partial charge in [-0.3, -0.25) is 0 Å². The van der Waals surface area contributed by atoms with Crippen molar-refractivity contribution in [3.63, 3.8) is 0 Å². The summed E-state index contributed by atoms with van der Waals surface area (Å²) in [5, 5.41) is 9.20. The maximum absolute atomic E-state index is 9.20. The molecular formula is C14H28N2O. The van der Waals surface area contributed by atoms with Crippen molar-refractivity contribution in [2.24, 2.45) is 11.7 Å². The fraction of sp³-hybridized carbons (Fsp3) is 1.00. The van der Waals surface area contributed by atoms with Crippen LogP contribution in [0.5, 0.6) is 0 Å². The molecule has 0 radical (unpaired) electrons. The van der Waals surface area contributed by atoms with E-state index < -0.39 is 5.54 Å². The van der Waals surface area contributed by atoms with Gasteiger partial charge in [0.1, 0.15) is 0 Å². The predicted octanol–water partition coefficient (Wildman–Crippen LogP) is 1.74. The molecule has 1 aliphatic carbocycles. The largest absolute Gasteiger partial charge is 0.394 e. The van der Waals surface area contributed by atoms with Gasteiger partial charge >= 0.3 is 0 Å². The van der Waals surface area contributed by atoms with Crippen LogP contribution < -0.4 is 5.73 Å². The molecule has 1 heterocycles. The summed E-state index contributed by atoms with van der Waals surface area (Å²) in [7, 11) is 0. The van der Waals surface area contributed by atoms with Crippen LogP contribution in [0.3, 0.4) is 0 Å². The fourth-order valence-electron chi connectivity index (χ4n) is 3.48. The first-order valence-electron chi connectivity index (χ1n) is 7.26. The number of nitrogens with zero attached hydrogens (tertiary/aromatic N) is 1. The van der Waals surface area contributed by atoms with E-state index in [1.54, 1.807) is 0 Å². The number of rotatable bonds is 5. The molecular weight excluding hydrogens is 212 g/mol. The predicted molar refractivity (Wildman–Crippen MR) is 70.8 cm³/mol. The highest BCUT2D eigenvalue weighted by Crippen LogP contribution is 2.35. The van der Waals surface area contributed by atoms with Crippen molar-refractivity contribution in [1.29, 1.82) is 0 Å². The molecule has 2 atom stereocenters. The van der Waals surface area contributed by atoms with Crippen LogP contribution >= 0.6 is 0 Å². The molecule has 2 fully saturated rings. The number of aliphatic hydroxyl groups is 1. The second kappa shape index (κ2) is 5.68. The molecule has 0 spiro atoms. The van der Waals surface area contributed by atoms with E-state index in [9.17, 15) is 5.11 Å². The lowest BCUT2D eigenvalue weighted by atomic mass is 9.95. The Bertz CT molecular complexity index is 236. The first kappa shape index (κ1) is 13.3. The van der Waals surface area contributed by atoms with Gasteiger partial charge in [-0.05, 0) is 51.5 Å². The average molecular weight is 240 g/mol.